The Kier molecular flexibility index (Phi) is 5.42. The van der Waals surface area contributed by atoms with E-state index in [4.69, 9.17) is 0 Å². The summed E-state index contributed by atoms with van der Waals surface area (Å²) in [5.41, 5.74) is 3.51. The Bertz CT molecular complexity index is 825. The van der Waals surface area contributed by atoms with Crippen LogP contribution in [-0.2, 0) is 0 Å². The van der Waals surface area contributed by atoms with E-state index in [0.29, 0.717) is 46.0 Å². The molecule has 5 aliphatic rings. The summed E-state index contributed by atoms with van der Waals surface area (Å²) in [6.45, 7) is 18.0. The smallest absolute Gasteiger partial charge is 0.0594 e. The molecular formula is C31H52O2. The number of fused-ring (bicyclic) bond motifs is 7. The molecule has 8 atom stereocenters. The lowest BCUT2D eigenvalue weighted by Gasteiger charge is -2.71. The third-order valence-corrected chi connectivity index (χ3v) is 13.4. The second-order valence-corrected chi connectivity index (χ2v) is 15.4. The maximum atomic E-state index is 10.9. The third kappa shape index (κ3) is 3.11. The number of aliphatic hydroxyl groups excluding tert-OH is 2. The van der Waals surface area contributed by atoms with Gasteiger partial charge in [0.1, 0.15) is 0 Å². The first-order valence-corrected chi connectivity index (χ1v) is 14.3. The number of hydrogen-bond donors (Lipinski definition) is 2. The zero-order valence-electron chi connectivity index (χ0n) is 22.8. The maximum Gasteiger partial charge on any atom is 0.0594 e. The van der Waals surface area contributed by atoms with Crippen molar-refractivity contribution in [2.75, 3.05) is 6.61 Å². The summed E-state index contributed by atoms with van der Waals surface area (Å²) in [4.78, 5) is 0. The van der Waals surface area contributed by atoms with Gasteiger partial charge in [0.2, 0.25) is 0 Å². The van der Waals surface area contributed by atoms with Gasteiger partial charge in [-0.15, -0.1) is 0 Å². The lowest BCUT2D eigenvalue weighted by Crippen LogP contribution is -2.64. The molecule has 4 fully saturated rings. The summed E-state index contributed by atoms with van der Waals surface area (Å²) in [6, 6.07) is 0. The molecule has 33 heavy (non-hydrogen) atoms. The van der Waals surface area contributed by atoms with Crippen molar-refractivity contribution in [1.29, 1.82) is 0 Å². The highest BCUT2D eigenvalue weighted by Crippen LogP contribution is 2.76. The van der Waals surface area contributed by atoms with Crippen molar-refractivity contribution in [2.24, 2.45) is 50.2 Å². The molecule has 2 nitrogen and oxygen atoms in total. The standard InChI is InChI=1S/C31H52O2/c1-26(2)14-16-31(18-19-32)17-15-29(6)21(22(31)20-26)8-9-24-28(5)12-11-25(33)27(3,4)23(28)10-13-30(24,29)7/h8,22-25,32-33H,9-20H2,1-7H3/t22?,23-,24+,25-,28-,29+,30+,31+/m0/s1. The van der Waals surface area contributed by atoms with Crippen LogP contribution in [0.3, 0.4) is 0 Å². The number of hydrogen-bond acceptors (Lipinski definition) is 2. The normalized spacial score (nSPS) is 52.6. The topological polar surface area (TPSA) is 40.5 Å². The second-order valence-electron chi connectivity index (χ2n) is 15.4. The summed E-state index contributed by atoms with van der Waals surface area (Å²) in [6.07, 6.45) is 16.1. The van der Waals surface area contributed by atoms with Crippen molar-refractivity contribution in [3.05, 3.63) is 11.6 Å². The van der Waals surface area contributed by atoms with Gasteiger partial charge < -0.3 is 10.2 Å². The van der Waals surface area contributed by atoms with Crippen LogP contribution in [0.5, 0.6) is 0 Å². The molecule has 0 aromatic carbocycles. The van der Waals surface area contributed by atoms with E-state index in [9.17, 15) is 10.2 Å². The molecule has 0 radical (unpaired) electrons. The van der Waals surface area contributed by atoms with Gasteiger partial charge in [0.25, 0.3) is 0 Å². The van der Waals surface area contributed by atoms with Gasteiger partial charge >= 0.3 is 0 Å². The average Bonchev–Trinajstić information content (AvgIpc) is 2.72. The second kappa shape index (κ2) is 7.34. The van der Waals surface area contributed by atoms with Crippen molar-refractivity contribution in [3.63, 3.8) is 0 Å². The van der Waals surface area contributed by atoms with Crippen molar-refractivity contribution in [3.8, 4) is 0 Å². The molecule has 188 valence electrons. The van der Waals surface area contributed by atoms with E-state index in [1.807, 2.05) is 0 Å². The lowest BCUT2D eigenvalue weighted by molar-refractivity contribution is -0.203. The summed E-state index contributed by atoms with van der Waals surface area (Å²) >= 11 is 0. The van der Waals surface area contributed by atoms with Crippen LogP contribution in [0.2, 0.25) is 0 Å². The fourth-order valence-corrected chi connectivity index (χ4v) is 11.0. The van der Waals surface area contributed by atoms with Crippen molar-refractivity contribution in [2.45, 2.75) is 125 Å². The third-order valence-electron chi connectivity index (χ3n) is 13.4. The number of rotatable bonds is 2. The molecule has 4 saturated carbocycles. The molecule has 0 heterocycles. The zero-order chi connectivity index (χ0) is 24.1. The van der Waals surface area contributed by atoms with E-state index in [1.54, 1.807) is 5.57 Å². The van der Waals surface area contributed by atoms with Gasteiger partial charge in [-0.3, -0.25) is 0 Å². The van der Waals surface area contributed by atoms with Gasteiger partial charge in [-0.05, 0) is 121 Å². The highest BCUT2D eigenvalue weighted by molar-refractivity contribution is 5.33. The molecule has 0 bridgehead atoms. The quantitative estimate of drug-likeness (QED) is 0.422. The highest BCUT2D eigenvalue weighted by Gasteiger charge is 2.68. The highest BCUT2D eigenvalue weighted by atomic mass is 16.3. The van der Waals surface area contributed by atoms with E-state index in [2.05, 4.69) is 54.5 Å². The van der Waals surface area contributed by atoms with Crippen LogP contribution in [0.25, 0.3) is 0 Å². The molecule has 0 spiro atoms. The van der Waals surface area contributed by atoms with E-state index in [-0.39, 0.29) is 16.9 Å². The minimum Gasteiger partial charge on any atom is -0.396 e. The Morgan fingerprint density at radius 2 is 1.55 bits per heavy atom. The molecule has 2 N–H and O–H groups in total. The Hall–Kier alpha value is -0.340. The first-order valence-electron chi connectivity index (χ1n) is 14.3. The number of aliphatic hydroxyl groups is 2. The molecule has 0 aliphatic heterocycles. The Morgan fingerprint density at radius 1 is 0.848 bits per heavy atom. The average molecular weight is 457 g/mol. The molecule has 0 aromatic heterocycles. The molecule has 0 amide bonds. The van der Waals surface area contributed by atoms with Gasteiger partial charge in [0.15, 0.2) is 0 Å². The van der Waals surface area contributed by atoms with Gasteiger partial charge in [-0.1, -0.05) is 60.1 Å². The molecule has 1 unspecified atom stereocenters. The first-order chi connectivity index (χ1) is 15.3. The fourth-order valence-electron chi connectivity index (χ4n) is 11.0. The summed E-state index contributed by atoms with van der Waals surface area (Å²) < 4.78 is 0. The SMILES string of the molecule is CC1(C)CC[C@]2(CCO)CC[C@]3(C)C(=CC[C@@H]4[C@@]5(C)CC[C@H](O)C(C)(C)[C@@H]5CC[C@]43C)C2C1. The van der Waals surface area contributed by atoms with Crippen molar-refractivity contribution >= 4 is 0 Å². The predicted octanol–water partition coefficient (Wildman–Crippen LogP) is 7.53. The van der Waals surface area contributed by atoms with Crippen LogP contribution in [0.15, 0.2) is 11.6 Å². The molecule has 2 heteroatoms. The molecule has 5 rings (SSSR count). The van der Waals surface area contributed by atoms with Gasteiger partial charge in [-0.2, -0.15) is 0 Å². The van der Waals surface area contributed by atoms with Crippen LogP contribution in [0.1, 0.15) is 119 Å². The fraction of sp³-hybridized carbons (Fsp3) is 0.935. The van der Waals surface area contributed by atoms with Crippen LogP contribution < -0.4 is 0 Å². The summed E-state index contributed by atoms with van der Waals surface area (Å²) in [5, 5.41) is 21.0. The van der Waals surface area contributed by atoms with Crippen molar-refractivity contribution in [1.82, 2.24) is 0 Å². The van der Waals surface area contributed by atoms with Crippen LogP contribution in [-0.4, -0.2) is 22.9 Å². The largest absolute Gasteiger partial charge is 0.396 e. The van der Waals surface area contributed by atoms with Crippen LogP contribution in [0, 0.1) is 50.2 Å². The van der Waals surface area contributed by atoms with Gasteiger partial charge in [0, 0.05) is 6.61 Å². The molecule has 5 aliphatic carbocycles. The molecule has 0 saturated heterocycles. The van der Waals surface area contributed by atoms with E-state index >= 15 is 0 Å². The molecular weight excluding hydrogens is 404 g/mol. The summed E-state index contributed by atoms with van der Waals surface area (Å²) in [7, 11) is 0. The lowest BCUT2D eigenvalue weighted by atomic mass is 9.33. The minimum atomic E-state index is -0.150. The first kappa shape index (κ1) is 24.4. The molecule has 0 aromatic rings. The Morgan fingerprint density at radius 3 is 2.24 bits per heavy atom. The zero-order valence-corrected chi connectivity index (χ0v) is 22.8. The van der Waals surface area contributed by atoms with Crippen LogP contribution in [0.4, 0.5) is 0 Å². The predicted molar refractivity (Wildman–Crippen MR) is 137 cm³/mol. The minimum absolute atomic E-state index is 0.0233. The monoisotopic (exact) mass is 456 g/mol. The Labute approximate surface area is 204 Å². The van der Waals surface area contributed by atoms with E-state index in [0.717, 1.165) is 12.8 Å². The number of allylic oxidation sites excluding steroid dienone is 2. The van der Waals surface area contributed by atoms with Crippen LogP contribution >= 0.6 is 0 Å². The van der Waals surface area contributed by atoms with E-state index in [1.165, 1.54) is 57.8 Å². The van der Waals surface area contributed by atoms with E-state index < -0.39 is 0 Å². The van der Waals surface area contributed by atoms with Crippen molar-refractivity contribution < 1.29 is 10.2 Å². The summed E-state index contributed by atoms with van der Waals surface area (Å²) in [5.74, 6) is 1.99. The van der Waals surface area contributed by atoms with Gasteiger partial charge in [0.05, 0.1) is 6.10 Å². The Balaban J connectivity index is 1.57. The maximum absolute atomic E-state index is 10.9. The van der Waals surface area contributed by atoms with Gasteiger partial charge in [-0.25, -0.2) is 0 Å².